The Labute approximate surface area is 196 Å². The van der Waals surface area contributed by atoms with E-state index in [1.54, 1.807) is 42.3 Å². The molecule has 1 aromatic heterocycles. The van der Waals surface area contributed by atoms with Gasteiger partial charge in [0.2, 0.25) is 6.79 Å². The maximum absolute atomic E-state index is 12.5. The van der Waals surface area contributed by atoms with Crippen molar-refractivity contribution in [2.24, 2.45) is 0 Å². The number of fused-ring (bicyclic) bond motifs is 1. The van der Waals surface area contributed by atoms with Crippen LogP contribution in [0.5, 0.6) is 11.5 Å². The van der Waals surface area contributed by atoms with Crippen molar-refractivity contribution in [2.45, 2.75) is 19.3 Å². The van der Waals surface area contributed by atoms with Crippen molar-refractivity contribution in [3.63, 3.8) is 0 Å². The number of aromatic nitrogens is 2. The van der Waals surface area contributed by atoms with Crippen molar-refractivity contribution in [3.05, 3.63) is 53.9 Å². The minimum absolute atomic E-state index is 0.0531. The third-order valence-corrected chi connectivity index (χ3v) is 5.88. The summed E-state index contributed by atoms with van der Waals surface area (Å²) in [6, 6.07) is 12.2. The molecule has 34 heavy (non-hydrogen) atoms. The van der Waals surface area contributed by atoms with Crippen LogP contribution in [0.25, 0.3) is 11.5 Å². The van der Waals surface area contributed by atoms with Gasteiger partial charge in [0, 0.05) is 56.0 Å². The molecule has 10 heteroatoms. The van der Waals surface area contributed by atoms with E-state index in [1.165, 1.54) is 0 Å². The van der Waals surface area contributed by atoms with E-state index in [2.05, 4.69) is 15.5 Å². The molecule has 10 nitrogen and oxygen atoms in total. The highest BCUT2D eigenvalue weighted by Gasteiger charge is 2.20. The lowest BCUT2D eigenvalue weighted by molar-refractivity contribution is 0.0793. The summed E-state index contributed by atoms with van der Waals surface area (Å²) in [5.41, 5.74) is 2.01. The van der Waals surface area contributed by atoms with E-state index in [0.29, 0.717) is 47.4 Å². The van der Waals surface area contributed by atoms with Crippen LogP contribution in [0.15, 0.2) is 47.0 Å². The summed E-state index contributed by atoms with van der Waals surface area (Å²) in [6.45, 7) is 2.21. The summed E-state index contributed by atoms with van der Waals surface area (Å²) in [6.07, 6.45) is 2.55. The number of anilines is 1. The second-order valence-corrected chi connectivity index (χ2v) is 8.26. The second kappa shape index (κ2) is 9.42. The Morgan fingerprint density at radius 2 is 1.82 bits per heavy atom. The number of likely N-dealkylation sites (N-methyl/N-ethyl adjacent to an activating group) is 1. The summed E-state index contributed by atoms with van der Waals surface area (Å²) >= 11 is 0. The van der Waals surface area contributed by atoms with Crippen molar-refractivity contribution in [1.82, 2.24) is 19.9 Å². The number of benzene rings is 2. The van der Waals surface area contributed by atoms with Gasteiger partial charge in [-0.1, -0.05) is 5.16 Å². The predicted molar refractivity (Wildman–Crippen MR) is 123 cm³/mol. The van der Waals surface area contributed by atoms with Crippen molar-refractivity contribution in [3.8, 4) is 23.0 Å². The number of carbonyl (C=O) groups is 2. The topological polar surface area (TPSA) is 110 Å². The molecule has 2 aliphatic rings. The summed E-state index contributed by atoms with van der Waals surface area (Å²) in [7, 11) is 1.69. The molecule has 0 radical (unpaired) electrons. The molecule has 176 valence electrons. The molecule has 3 aromatic rings. The van der Waals surface area contributed by atoms with Gasteiger partial charge in [-0.25, -0.2) is 4.79 Å². The van der Waals surface area contributed by atoms with E-state index in [-0.39, 0.29) is 18.7 Å². The number of ether oxygens (including phenoxy) is 2. The highest BCUT2D eigenvalue weighted by molar-refractivity contribution is 5.94. The number of hydrogen-bond acceptors (Lipinski definition) is 7. The first-order valence-electron chi connectivity index (χ1n) is 11.2. The number of hydrogen-bond donors (Lipinski definition) is 1. The van der Waals surface area contributed by atoms with Crippen LogP contribution in [-0.4, -0.2) is 65.4 Å². The molecule has 0 spiro atoms. The average Bonchev–Trinajstić information content (AvgIpc) is 3.63. The maximum atomic E-state index is 12.5. The third kappa shape index (κ3) is 4.66. The Morgan fingerprint density at radius 1 is 1.06 bits per heavy atom. The molecule has 1 N–H and O–H groups in total. The van der Waals surface area contributed by atoms with E-state index in [9.17, 15) is 9.59 Å². The fourth-order valence-electron chi connectivity index (χ4n) is 3.89. The molecule has 0 unspecified atom stereocenters. The molecule has 1 saturated heterocycles. The first-order chi connectivity index (χ1) is 16.6. The molecule has 0 saturated carbocycles. The third-order valence-electron chi connectivity index (χ3n) is 5.88. The van der Waals surface area contributed by atoms with Crippen molar-refractivity contribution in [2.75, 3.05) is 38.8 Å². The molecular weight excluding hydrogens is 438 g/mol. The highest BCUT2D eigenvalue weighted by atomic mass is 16.7. The van der Waals surface area contributed by atoms with Gasteiger partial charge >= 0.3 is 6.03 Å². The lowest BCUT2D eigenvalue weighted by Crippen LogP contribution is -2.33. The minimum Gasteiger partial charge on any atom is -0.454 e. The average molecular weight is 463 g/mol. The van der Waals surface area contributed by atoms with E-state index < -0.39 is 0 Å². The van der Waals surface area contributed by atoms with Gasteiger partial charge in [-0.05, 0) is 49.2 Å². The van der Waals surface area contributed by atoms with Gasteiger partial charge in [0.15, 0.2) is 17.3 Å². The van der Waals surface area contributed by atoms with Gasteiger partial charge in [0.05, 0.1) is 0 Å². The van der Waals surface area contributed by atoms with E-state index in [0.717, 1.165) is 31.5 Å². The van der Waals surface area contributed by atoms with E-state index >= 15 is 0 Å². The monoisotopic (exact) mass is 463 g/mol. The maximum Gasteiger partial charge on any atom is 0.321 e. The normalized spacial score (nSPS) is 14.3. The van der Waals surface area contributed by atoms with Crippen molar-refractivity contribution >= 4 is 17.6 Å². The Kier molecular flexibility index (Phi) is 6.03. The smallest absolute Gasteiger partial charge is 0.321 e. The van der Waals surface area contributed by atoms with Crippen LogP contribution >= 0.6 is 0 Å². The Morgan fingerprint density at radius 3 is 2.62 bits per heavy atom. The van der Waals surface area contributed by atoms with Crippen LogP contribution in [-0.2, 0) is 6.42 Å². The Balaban J connectivity index is 1.14. The van der Waals surface area contributed by atoms with Crippen LogP contribution in [0.3, 0.4) is 0 Å². The molecule has 5 rings (SSSR count). The highest BCUT2D eigenvalue weighted by Crippen LogP contribution is 2.34. The number of amides is 3. The number of nitrogens with zero attached hydrogens (tertiary/aromatic N) is 4. The van der Waals surface area contributed by atoms with Gasteiger partial charge in [-0.2, -0.15) is 4.98 Å². The lowest BCUT2D eigenvalue weighted by atomic mass is 10.1. The number of urea groups is 1. The van der Waals surface area contributed by atoms with Crippen LogP contribution in [0, 0.1) is 0 Å². The first-order valence-corrected chi connectivity index (χ1v) is 11.2. The second-order valence-electron chi connectivity index (χ2n) is 8.26. The quantitative estimate of drug-likeness (QED) is 0.596. The molecule has 2 aromatic carbocycles. The molecule has 2 aliphatic heterocycles. The van der Waals surface area contributed by atoms with Gasteiger partial charge in [-0.15, -0.1) is 0 Å². The molecule has 3 amide bonds. The predicted octanol–water partition coefficient (Wildman–Crippen LogP) is 3.41. The molecule has 0 atom stereocenters. The standard InChI is InChI=1S/C24H25N5O5/c1-28(24(31)25-18-8-9-19-20(14-18)33-15-32-19)13-10-21-26-22(34-27-21)16-4-6-17(7-5-16)23(30)29-11-2-3-12-29/h4-9,14H,2-3,10-13,15H2,1H3,(H,25,31). The summed E-state index contributed by atoms with van der Waals surface area (Å²) in [5, 5.41) is 6.85. The number of likely N-dealkylation sites (tertiary alicyclic amines) is 1. The molecule has 0 aliphatic carbocycles. The fraction of sp³-hybridized carbons (Fsp3) is 0.333. The summed E-state index contributed by atoms with van der Waals surface area (Å²) in [4.78, 5) is 32.8. The zero-order valence-corrected chi connectivity index (χ0v) is 18.8. The summed E-state index contributed by atoms with van der Waals surface area (Å²) < 4.78 is 16.0. The zero-order valence-electron chi connectivity index (χ0n) is 18.8. The SMILES string of the molecule is CN(CCc1noc(-c2ccc(C(=O)N3CCCC3)cc2)n1)C(=O)Nc1ccc2c(c1)OCO2. The van der Waals surface area contributed by atoms with Gasteiger partial charge < -0.3 is 29.1 Å². The molecule has 3 heterocycles. The summed E-state index contributed by atoms with van der Waals surface area (Å²) in [5.74, 6) is 2.19. The van der Waals surface area contributed by atoms with Crippen LogP contribution < -0.4 is 14.8 Å². The van der Waals surface area contributed by atoms with Crippen LogP contribution in [0.4, 0.5) is 10.5 Å². The lowest BCUT2D eigenvalue weighted by Gasteiger charge is -2.17. The zero-order chi connectivity index (χ0) is 23.5. The first kappa shape index (κ1) is 21.7. The van der Waals surface area contributed by atoms with Gasteiger partial charge in [0.25, 0.3) is 11.8 Å². The molecule has 1 fully saturated rings. The van der Waals surface area contributed by atoms with Gasteiger partial charge in [-0.3, -0.25) is 4.79 Å². The van der Waals surface area contributed by atoms with Crippen molar-refractivity contribution < 1.29 is 23.6 Å². The minimum atomic E-state index is -0.263. The van der Waals surface area contributed by atoms with Crippen molar-refractivity contribution in [1.29, 1.82) is 0 Å². The number of nitrogens with one attached hydrogen (secondary N) is 1. The largest absolute Gasteiger partial charge is 0.454 e. The Bertz CT molecular complexity index is 1190. The van der Waals surface area contributed by atoms with Gasteiger partial charge in [0.1, 0.15) is 0 Å². The van der Waals surface area contributed by atoms with Crippen LogP contribution in [0.2, 0.25) is 0 Å². The van der Waals surface area contributed by atoms with Crippen LogP contribution in [0.1, 0.15) is 29.0 Å². The number of carbonyl (C=O) groups excluding carboxylic acids is 2. The van der Waals surface area contributed by atoms with E-state index in [1.807, 2.05) is 17.0 Å². The Hall–Kier alpha value is -4.08. The fourth-order valence-corrected chi connectivity index (χ4v) is 3.89. The molecular formula is C24H25N5O5. The number of rotatable bonds is 6. The molecule has 0 bridgehead atoms. The van der Waals surface area contributed by atoms with E-state index in [4.69, 9.17) is 14.0 Å².